The van der Waals surface area contributed by atoms with Gasteiger partial charge in [-0.1, -0.05) is 17.7 Å². The minimum absolute atomic E-state index is 0.0289. The lowest BCUT2D eigenvalue weighted by Gasteiger charge is -2.05. The van der Waals surface area contributed by atoms with Gasteiger partial charge in [0, 0.05) is 17.3 Å². The molecule has 20 heavy (non-hydrogen) atoms. The Kier molecular flexibility index (Phi) is 3.95. The third-order valence-corrected chi connectivity index (χ3v) is 2.81. The first-order valence-electron chi connectivity index (χ1n) is 5.48. The van der Waals surface area contributed by atoms with E-state index in [1.165, 1.54) is 30.3 Å². The summed E-state index contributed by atoms with van der Waals surface area (Å²) < 4.78 is 13.0. The number of nitrogens with zero attached hydrogens (tertiary/aromatic N) is 1. The highest BCUT2D eigenvalue weighted by atomic mass is 35.5. The lowest BCUT2D eigenvalue weighted by atomic mass is 10.2. The Hall–Kier alpha value is -2.47. The lowest BCUT2D eigenvalue weighted by molar-refractivity contribution is -0.384. The first-order valence-corrected chi connectivity index (χ1v) is 5.86. The molecule has 0 saturated heterocycles. The number of nitro benzene ring substituents is 1. The molecule has 0 spiro atoms. The standard InChI is InChI=1S/C13H8ClFN2O3/c14-11-5-4-10(7-12(11)17(19)20)16-13(18)8-2-1-3-9(15)6-8/h1-7H,(H,16,18). The first kappa shape index (κ1) is 14.0. The van der Waals surface area contributed by atoms with E-state index in [-0.39, 0.29) is 22.0 Å². The largest absolute Gasteiger partial charge is 0.322 e. The smallest absolute Gasteiger partial charge is 0.289 e. The van der Waals surface area contributed by atoms with Crippen molar-refractivity contribution in [1.29, 1.82) is 0 Å². The molecule has 1 N–H and O–H groups in total. The van der Waals surface area contributed by atoms with Gasteiger partial charge in [0.05, 0.1) is 4.92 Å². The maximum absolute atomic E-state index is 13.0. The van der Waals surface area contributed by atoms with Crippen molar-refractivity contribution in [2.45, 2.75) is 0 Å². The zero-order chi connectivity index (χ0) is 14.7. The molecular formula is C13H8ClFN2O3. The number of benzene rings is 2. The number of carbonyl (C=O) groups is 1. The van der Waals surface area contributed by atoms with Crippen molar-refractivity contribution >= 4 is 28.9 Å². The van der Waals surface area contributed by atoms with Crippen LogP contribution in [0.15, 0.2) is 42.5 Å². The van der Waals surface area contributed by atoms with Gasteiger partial charge in [-0.3, -0.25) is 14.9 Å². The highest BCUT2D eigenvalue weighted by Gasteiger charge is 2.14. The summed E-state index contributed by atoms with van der Waals surface area (Å²) in [5.41, 5.74) is 0.00155. The number of halogens is 2. The molecule has 0 atom stereocenters. The van der Waals surface area contributed by atoms with Crippen LogP contribution in [0.5, 0.6) is 0 Å². The van der Waals surface area contributed by atoms with Crippen LogP contribution in [0.25, 0.3) is 0 Å². The summed E-state index contributed by atoms with van der Waals surface area (Å²) in [6.07, 6.45) is 0. The number of rotatable bonds is 3. The van der Waals surface area contributed by atoms with E-state index in [1.807, 2.05) is 0 Å². The molecule has 0 radical (unpaired) electrons. The first-order chi connectivity index (χ1) is 9.47. The van der Waals surface area contributed by atoms with E-state index in [4.69, 9.17) is 11.6 Å². The Morgan fingerprint density at radius 1 is 1.25 bits per heavy atom. The summed E-state index contributed by atoms with van der Waals surface area (Å²) in [5, 5.41) is 13.1. The van der Waals surface area contributed by atoms with E-state index < -0.39 is 16.6 Å². The monoisotopic (exact) mass is 294 g/mol. The molecule has 0 aliphatic carbocycles. The van der Waals surface area contributed by atoms with E-state index in [2.05, 4.69) is 5.32 Å². The second-order valence-corrected chi connectivity index (χ2v) is 4.29. The number of nitro groups is 1. The van der Waals surface area contributed by atoms with Crippen LogP contribution in [-0.4, -0.2) is 10.8 Å². The molecule has 0 saturated carbocycles. The summed E-state index contributed by atoms with van der Waals surface area (Å²) >= 11 is 5.66. The number of hydrogen-bond acceptors (Lipinski definition) is 3. The van der Waals surface area contributed by atoms with Crippen LogP contribution in [0, 0.1) is 15.9 Å². The van der Waals surface area contributed by atoms with E-state index in [0.29, 0.717) is 0 Å². The second-order valence-electron chi connectivity index (χ2n) is 3.89. The molecule has 0 heterocycles. The molecule has 1 amide bonds. The molecule has 2 aromatic rings. The summed E-state index contributed by atoms with van der Waals surface area (Å²) in [6.45, 7) is 0. The zero-order valence-corrected chi connectivity index (χ0v) is 10.7. The maximum Gasteiger partial charge on any atom is 0.289 e. The summed E-state index contributed by atoms with van der Waals surface area (Å²) in [4.78, 5) is 21.9. The highest BCUT2D eigenvalue weighted by molar-refractivity contribution is 6.32. The van der Waals surface area contributed by atoms with Gasteiger partial charge in [-0.05, 0) is 30.3 Å². The molecular weight excluding hydrogens is 287 g/mol. The Morgan fingerprint density at radius 2 is 2.00 bits per heavy atom. The molecule has 102 valence electrons. The number of amides is 1. The van der Waals surface area contributed by atoms with Gasteiger partial charge >= 0.3 is 0 Å². The number of hydrogen-bond donors (Lipinski definition) is 1. The van der Waals surface area contributed by atoms with Crippen molar-refractivity contribution in [3.05, 3.63) is 69.0 Å². The minimum atomic E-state index is -0.653. The SMILES string of the molecule is O=C(Nc1ccc(Cl)c([N+](=O)[O-])c1)c1cccc(F)c1. The molecule has 7 heteroatoms. The summed E-state index contributed by atoms with van der Waals surface area (Å²) in [6, 6.07) is 8.98. The predicted octanol–water partition coefficient (Wildman–Crippen LogP) is 3.64. The van der Waals surface area contributed by atoms with Crippen LogP contribution >= 0.6 is 11.6 Å². The van der Waals surface area contributed by atoms with Crippen molar-refractivity contribution < 1.29 is 14.1 Å². The predicted molar refractivity (Wildman–Crippen MR) is 72.5 cm³/mol. The van der Waals surface area contributed by atoms with Gasteiger partial charge < -0.3 is 5.32 Å². The maximum atomic E-state index is 13.0. The third kappa shape index (κ3) is 3.10. The Balaban J connectivity index is 2.24. The van der Waals surface area contributed by atoms with Gasteiger partial charge in [0.15, 0.2) is 0 Å². The van der Waals surface area contributed by atoms with Gasteiger partial charge in [-0.2, -0.15) is 0 Å². The third-order valence-electron chi connectivity index (χ3n) is 2.49. The van der Waals surface area contributed by atoms with Crippen LogP contribution in [-0.2, 0) is 0 Å². The highest BCUT2D eigenvalue weighted by Crippen LogP contribution is 2.27. The average molecular weight is 295 g/mol. The minimum Gasteiger partial charge on any atom is -0.322 e. The van der Waals surface area contributed by atoms with Crippen molar-refractivity contribution in [3.8, 4) is 0 Å². The van der Waals surface area contributed by atoms with Gasteiger partial charge in [0.1, 0.15) is 10.8 Å². The molecule has 0 bridgehead atoms. The number of anilines is 1. The van der Waals surface area contributed by atoms with E-state index in [1.54, 1.807) is 0 Å². The van der Waals surface area contributed by atoms with Gasteiger partial charge in [-0.15, -0.1) is 0 Å². The van der Waals surface area contributed by atoms with Crippen LogP contribution in [0.4, 0.5) is 15.8 Å². The van der Waals surface area contributed by atoms with Gasteiger partial charge in [0.2, 0.25) is 0 Å². The normalized spacial score (nSPS) is 10.1. The van der Waals surface area contributed by atoms with E-state index in [9.17, 15) is 19.3 Å². The molecule has 0 aromatic heterocycles. The fraction of sp³-hybridized carbons (Fsp3) is 0. The molecule has 2 aromatic carbocycles. The zero-order valence-electron chi connectivity index (χ0n) is 9.97. The van der Waals surface area contributed by atoms with Crippen LogP contribution < -0.4 is 5.32 Å². The summed E-state index contributed by atoms with van der Waals surface area (Å²) in [5.74, 6) is -1.11. The Bertz CT molecular complexity index is 691. The average Bonchev–Trinajstić information content (AvgIpc) is 2.40. The Labute approximate surface area is 118 Å². The fourth-order valence-corrected chi connectivity index (χ4v) is 1.75. The van der Waals surface area contributed by atoms with Crippen molar-refractivity contribution in [3.63, 3.8) is 0 Å². The van der Waals surface area contributed by atoms with Crippen molar-refractivity contribution in [1.82, 2.24) is 0 Å². The quantitative estimate of drug-likeness (QED) is 0.694. The van der Waals surface area contributed by atoms with Crippen LogP contribution in [0.1, 0.15) is 10.4 Å². The second kappa shape index (κ2) is 5.66. The van der Waals surface area contributed by atoms with Crippen LogP contribution in [0.3, 0.4) is 0 Å². The lowest BCUT2D eigenvalue weighted by Crippen LogP contribution is -2.12. The van der Waals surface area contributed by atoms with Crippen molar-refractivity contribution in [2.24, 2.45) is 0 Å². The van der Waals surface area contributed by atoms with E-state index >= 15 is 0 Å². The fourth-order valence-electron chi connectivity index (χ4n) is 1.56. The number of nitrogens with one attached hydrogen (secondary N) is 1. The molecule has 0 aliphatic heterocycles. The molecule has 5 nitrogen and oxygen atoms in total. The summed E-state index contributed by atoms with van der Waals surface area (Å²) in [7, 11) is 0. The Morgan fingerprint density at radius 3 is 2.65 bits per heavy atom. The van der Waals surface area contributed by atoms with Gasteiger partial charge in [0.25, 0.3) is 11.6 Å². The molecule has 0 unspecified atom stereocenters. The van der Waals surface area contributed by atoms with Gasteiger partial charge in [-0.25, -0.2) is 4.39 Å². The molecule has 0 fully saturated rings. The van der Waals surface area contributed by atoms with E-state index in [0.717, 1.165) is 12.1 Å². The van der Waals surface area contributed by atoms with Crippen molar-refractivity contribution in [2.75, 3.05) is 5.32 Å². The molecule has 0 aliphatic rings. The topological polar surface area (TPSA) is 72.2 Å². The number of carbonyl (C=O) groups excluding carboxylic acids is 1. The molecule has 2 rings (SSSR count). The van der Waals surface area contributed by atoms with Crippen LogP contribution in [0.2, 0.25) is 5.02 Å².